The molecule has 4 aromatic rings. The zero-order valence-corrected chi connectivity index (χ0v) is 14.0. The molecule has 2 aromatic carbocycles. The van der Waals surface area contributed by atoms with Gasteiger partial charge in [-0.3, -0.25) is 0 Å². The lowest BCUT2D eigenvalue weighted by molar-refractivity contribution is 0.416. The number of fused-ring (bicyclic) bond motifs is 1. The molecule has 0 unspecified atom stereocenters. The molecule has 5 nitrogen and oxygen atoms in total. The van der Waals surface area contributed by atoms with E-state index < -0.39 is 0 Å². The van der Waals surface area contributed by atoms with E-state index in [1.165, 1.54) is 0 Å². The number of methoxy groups -OCH3 is 2. The van der Waals surface area contributed by atoms with Gasteiger partial charge in [-0.1, -0.05) is 24.3 Å². The fourth-order valence-corrected chi connectivity index (χ4v) is 2.94. The molecule has 0 radical (unpaired) electrons. The van der Waals surface area contributed by atoms with Gasteiger partial charge in [0.2, 0.25) is 0 Å². The number of hydrogen-bond donors (Lipinski definition) is 0. The van der Waals surface area contributed by atoms with Gasteiger partial charge in [0.05, 0.1) is 19.9 Å². The van der Waals surface area contributed by atoms with Crippen LogP contribution in [0.1, 0.15) is 0 Å². The van der Waals surface area contributed by atoms with Gasteiger partial charge >= 0.3 is 0 Å². The fraction of sp³-hybridized carbons (Fsp3) is 0.100. The molecule has 0 saturated heterocycles. The van der Waals surface area contributed by atoms with Crippen LogP contribution in [0.15, 0.2) is 67.1 Å². The van der Waals surface area contributed by atoms with E-state index in [1.54, 1.807) is 20.4 Å². The number of para-hydroxylation sites is 2. The second kappa shape index (κ2) is 6.28. The Morgan fingerprint density at radius 1 is 0.840 bits per heavy atom. The second-order valence-corrected chi connectivity index (χ2v) is 5.53. The summed E-state index contributed by atoms with van der Waals surface area (Å²) in [6, 6.07) is 15.7. The largest absolute Gasteiger partial charge is 0.496 e. The van der Waals surface area contributed by atoms with E-state index in [2.05, 4.69) is 4.98 Å². The van der Waals surface area contributed by atoms with Crippen LogP contribution in [0.5, 0.6) is 11.5 Å². The minimum atomic E-state index is 0.761. The van der Waals surface area contributed by atoms with E-state index in [-0.39, 0.29) is 0 Å². The van der Waals surface area contributed by atoms with Crippen molar-refractivity contribution in [3.05, 3.63) is 67.1 Å². The number of aromatic nitrogens is 3. The van der Waals surface area contributed by atoms with Crippen molar-refractivity contribution in [3.8, 4) is 34.0 Å². The Morgan fingerprint density at radius 3 is 2.20 bits per heavy atom. The third-order valence-corrected chi connectivity index (χ3v) is 4.12. The lowest BCUT2D eigenvalue weighted by atomic mass is 10.1. The molecule has 0 amide bonds. The third-order valence-electron chi connectivity index (χ3n) is 4.12. The highest BCUT2D eigenvalue weighted by Gasteiger charge is 2.16. The Morgan fingerprint density at radius 2 is 1.48 bits per heavy atom. The van der Waals surface area contributed by atoms with Gasteiger partial charge in [0.1, 0.15) is 17.2 Å². The lowest BCUT2D eigenvalue weighted by Crippen LogP contribution is -1.98. The van der Waals surface area contributed by atoms with Crippen LogP contribution in [0.3, 0.4) is 0 Å². The van der Waals surface area contributed by atoms with Gasteiger partial charge in [0.15, 0.2) is 5.65 Å². The number of benzene rings is 2. The Bertz CT molecular complexity index is 1040. The molecule has 0 saturated carbocycles. The molecule has 0 N–H and O–H groups in total. The molecule has 2 aromatic heterocycles. The van der Waals surface area contributed by atoms with E-state index >= 15 is 0 Å². The molecule has 124 valence electrons. The molecule has 0 aliphatic rings. The average molecular weight is 331 g/mol. The maximum absolute atomic E-state index is 5.51. The fourth-order valence-electron chi connectivity index (χ4n) is 2.94. The number of hydrogen-bond acceptors (Lipinski definition) is 4. The molecule has 0 aliphatic heterocycles. The van der Waals surface area contributed by atoms with Crippen molar-refractivity contribution in [3.63, 3.8) is 0 Å². The first-order valence-corrected chi connectivity index (χ1v) is 7.92. The summed E-state index contributed by atoms with van der Waals surface area (Å²) in [4.78, 5) is 9.35. The average Bonchev–Trinajstić information content (AvgIpc) is 3.15. The van der Waals surface area contributed by atoms with Crippen LogP contribution in [0.4, 0.5) is 0 Å². The van der Waals surface area contributed by atoms with Crippen LogP contribution in [0.25, 0.3) is 28.2 Å². The Balaban J connectivity index is 2.01. The maximum Gasteiger partial charge on any atom is 0.163 e. The summed E-state index contributed by atoms with van der Waals surface area (Å²) in [5.74, 6) is 1.54. The summed E-state index contributed by atoms with van der Waals surface area (Å²) in [7, 11) is 3.32. The van der Waals surface area contributed by atoms with Crippen LogP contribution in [0.2, 0.25) is 0 Å². The number of nitrogens with zero attached hydrogens (tertiary/aromatic N) is 3. The minimum absolute atomic E-state index is 0.761. The summed E-state index contributed by atoms with van der Waals surface area (Å²) >= 11 is 0. The molecule has 0 fully saturated rings. The topological polar surface area (TPSA) is 48.7 Å². The summed E-state index contributed by atoms with van der Waals surface area (Å²) in [5, 5.41) is 0. The van der Waals surface area contributed by atoms with Crippen molar-refractivity contribution in [1.29, 1.82) is 0 Å². The Labute approximate surface area is 145 Å². The van der Waals surface area contributed by atoms with Gasteiger partial charge in [-0.25, -0.2) is 9.97 Å². The monoisotopic (exact) mass is 331 g/mol. The number of ether oxygens (including phenoxy) is 2. The van der Waals surface area contributed by atoms with Gasteiger partial charge in [0, 0.05) is 29.7 Å². The normalized spacial score (nSPS) is 10.8. The first kappa shape index (κ1) is 15.2. The van der Waals surface area contributed by atoms with Crippen molar-refractivity contribution in [2.75, 3.05) is 14.2 Å². The van der Waals surface area contributed by atoms with E-state index in [0.29, 0.717) is 0 Å². The molecule has 0 bridgehead atoms. The van der Waals surface area contributed by atoms with Crippen LogP contribution in [-0.4, -0.2) is 28.6 Å². The first-order chi connectivity index (χ1) is 12.3. The summed E-state index contributed by atoms with van der Waals surface area (Å²) in [6.45, 7) is 0. The third kappa shape index (κ3) is 2.59. The van der Waals surface area contributed by atoms with E-state index in [0.717, 1.165) is 39.7 Å². The molecule has 25 heavy (non-hydrogen) atoms. The Kier molecular flexibility index (Phi) is 3.82. The number of rotatable bonds is 4. The lowest BCUT2D eigenvalue weighted by Gasteiger charge is -2.12. The minimum Gasteiger partial charge on any atom is -0.496 e. The van der Waals surface area contributed by atoms with Crippen LogP contribution < -0.4 is 9.47 Å². The summed E-state index contributed by atoms with van der Waals surface area (Å²) < 4.78 is 13.0. The smallest absolute Gasteiger partial charge is 0.163 e. The highest BCUT2D eigenvalue weighted by molar-refractivity contribution is 5.81. The Hall–Kier alpha value is -3.34. The van der Waals surface area contributed by atoms with Crippen molar-refractivity contribution in [2.45, 2.75) is 0 Å². The molecule has 0 aliphatic carbocycles. The van der Waals surface area contributed by atoms with Crippen molar-refractivity contribution >= 4 is 5.65 Å². The first-order valence-electron chi connectivity index (χ1n) is 7.92. The van der Waals surface area contributed by atoms with Crippen LogP contribution in [0, 0.1) is 0 Å². The van der Waals surface area contributed by atoms with E-state index in [1.807, 2.05) is 65.3 Å². The number of imidazole rings is 1. The predicted octanol–water partition coefficient (Wildman–Crippen LogP) is 4.08. The van der Waals surface area contributed by atoms with Gasteiger partial charge in [-0.15, -0.1) is 0 Å². The van der Waals surface area contributed by atoms with Crippen molar-refractivity contribution in [2.24, 2.45) is 0 Å². The maximum atomic E-state index is 5.51. The van der Waals surface area contributed by atoms with Crippen LogP contribution >= 0.6 is 0 Å². The molecular formula is C20H17N3O2. The predicted molar refractivity (Wildman–Crippen MR) is 97.0 cm³/mol. The molecule has 2 heterocycles. The van der Waals surface area contributed by atoms with Crippen molar-refractivity contribution in [1.82, 2.24) is 14.4 Å². The van der Waals surface area contributed by atoms with E-state index in [4.69, 9.17) is 14.5 Å². The van der Waals surface area contributed by atoms with Gasteiger partial charge in [-0.05, 0) is 24.3 Å². The molecule has 4 rings (SSSR count). The van der Waals surface area contributed by atoms with Gasteiger partial charge in [-0.2, -0.15) is 0 Å². The highest BCUT2D eigenvalue weighted by Crippen LogP contribution is 2.34. The molecule has 0 spiro atoms. The second-order valence-electron chi connectivity index (χ2n) is 5.53. The molecular weight excluding hydrogens is 314 g/mol. The van der Waals surface area contributed by atoms with E-state index in [9.17, 15) is 0 Å². The standard InChI is InChI=1S/C20H17N3O2/c1-24-17-9-5-3-7-14(17)16-13-23-12-11-21-20(23)19(22-16)15-8-4-6-10-18(15)25-2/h3-13H,1-2H3. The van der Waals surface area contributed by atoms with Crippen molar-refractivity contribution < 1.29 is 9.47 Å². The molecule has 5 heteroatoms. The quantitative estimate of drug-likeness (QED) is 0.565. The van der Waals surface area contributed by atoms with Crippen LogP contribution in [-0.2, 0) is 0 Å². The SMILES string of the molecule is COc1ccccc1-c1cn2ccnc2c(-c2ccccc2OC)n1. The zero-order chi connectivity index (χ0) is 17.2. The van der Waals surface area contributed by atoms with Gasteiger partial charge in [0.25, 0.3) is 0 Å². The summed E-state index contributed by atoms with van der Waals surface area (Å²) in [5.41, 5.74) is 4.19. The van der Waals surface area contributed by atoms with Gasteiger partial charge < -0.3 is 13.9 Å². The zero-order valence-electron chi connectivity index (χ0n) is 14.0. The highest BCUT2D eigenvalue weighted by atomic mass is 16.5. The summed E-state index contributed by atoms with van der Waals surface area (Å²) in [6.07, 6.45) is 5.63. The molecule has 0 atom stereocenters.